The molecule has 0 amide bonds. The van der Waals surface area contributed by atoms with Crippen LogP contribution in [0, 0.1) is 5.41 Å². The van der Waals surface area contributed by atoms with Crippen molar-refractivity contribution in [2.75, 3.05) is 13.2 Å². The molecule has 1 fully saturated rings. The van der Waals surface area contributed by atoms with E-state index in [4.69, 9.17) is 9.47 Å². The topological polar surface area (TPSA) is 38.7 Å². The Hall–Kier alpha value is -0.120. The Morgan fingerprint density at radius 1 is 1.43 bits per heavy atom. The minimum Gasteiger partial charge on any atom is -0.394 e. The molecule has 0 aromatic carbocycles. The van der Waals surface area contributed by atoms with E-state index >= 15 is 0 Å². The summed E-state index contributed by atoms with van der Waals surface area (Å²) >= 11 is 0. The van der Waals surface area contributed by atoms with E-state index in [-0.39, 0.29) is 24.4 Å². The van der Waals surface area contributed by atoms with E-state index in [1.165, 1.54) is 0 Å². The number of rotatable bonds is 3. The second-order valence-electron chi connectivity index (χ2n) is 4.97. The van der Waals surface area contributed by atoms with Gasteiger partial charge in [0.15, 0.2) is 6.29 Å². The molecule has 0 bridgehead atoms. The van der Waals surface area contributed by atoms with E-state index in [0.29, 0.717) is 0 Å². The summed E-state index contributed by atoms with van der Waals surface area (Å²) in [7, 11) is 0. The summed E-state index contributed by atoms with van der Waals surface area (Å²) in [6.45, 7) is 7.04. The molecule has 1 aliphatic heterocycles. The molecule has 0 aromatic heterocycles. The first-order chi connectivity index (χ1) is 6.54. The highest BCUT2D eigenvalue weighted by atomic mass is 16.7. The zero-order valence-electron chi connectivity index (χ0n) is 9.45. The number of ether oxygens (including phenoxy) is 2. The van der Waals surface area contributed by atoms with Gasteiger partial charge >= 0.3 is 0 Å². The maximum Gasteiger partial charge on any atom is 0.158 e. The van der Waals surface area contributed by atoms with Gasteiger partial charge in [0.05, 0.1) is 12.7 Å². The molecule has 3 heteroatoms. The lowest BCUT2D eigenvalue weighted by Crippen LogP contribution is -2.38. The molecular weight excluding hydrogens is 180 g/mol. The van der Waals surface area contributed by atoms with Crippen molar-refractivity contribution < 1.29 is 14.6 Å². The molecule has 0 aromatic rings. The van der Waals surface area contributed by atoms with E-state index in [0.717, 1.165) is 25.9 Å². The van der Waals surface area contributed by atoms with Crippen LogP contribution in [0.2, 0.25) is 0 Å². The number of hydrogen-bond donors (Lipinski definition) is 1. The quantitative estimate of drug-likeness (QED) is 0.760. The van der Waals surface area contributed by atoms with Crippen LogP contribution < -0.4 is 0 Å². The van der Waals surface area contributed by atoms with Crippen LogP contribution in [-0.2, 0) is 9.47 Å². The van der Waals surface area contributed by atoms with Crippen LogP contribution in [0.15, 0.2) is 0 Å². The van der Waals surface area contributed by atoms with Gasteiger partial charge < -0.3 is 14.6 Å². The van der Waals surface area contributed by atoms with Crippen molar-refractivity contribution in [1.82, 2.24) is 0 Å². The lowest BCUT2D eigenvalue weighted by molar-refractivity contribution is -0.214. The van der Waals surface area contributed by atoms with Crippen molar-refractivity contribution in [2.24, 2.45) is 5.41 Å². The predicted octanol–water partition coefficient (Wildman–Crippen LogP) is 1.94. The van der Waals surface area contributed by atoms with Crippen molar-refractivity contribution in [3.8, 4) is 0 Å². The maximum absolute atomic E-state index is 9.21. The van der Waals surface area contributed by atoms with Crippen molar-refractivity contribution in [3.63, 3.8) is 0 Å². The molecule has 1 aliphatic rings. The summed E-state index contributed by atoms with van der Waals surface area (Å²) in [5.41, 5.74) is -0.0322. The first-order valence-corrected chi connectivity index (χ1v) is 5.42. The van der Waals surface area contributed by atoms with E-state index in [1.807, 2.05) is 0 Å². The Labute approximate surface area is 86.4 Å². The van der Waals surface area contributed by atoms with Crippen molar-refractivity contribution in [3.05, 3.63) is 0 Å². The third-order valence-corrected chi connectivity index (χ3v) is 2.59. The molecule has 0 radical (unpaired) electrons. The molecular formula is C11H22O3. The molecule has 3 nitrogen and oxygen atoms in total. The van der Waals surface area contributed by atoms with Crippen LogP contribution in [0.1, 0.15) is 40.0 Å². The Morgan fingerprint density at radius 3 is 2.57 bits per heavy atom. The van der Waals surface area contributed by atoms with Gasteiger partial charge in [0.2, 0.25) is 0 Å². The lowest BCUT2D eigenvalue weighted by atomic mass is 9.89. The molecule has 14 heavy (non-hydrogen) atoms. The first-order valence-electron chi connectivity index (χ1n) is 5.42. The predicted molar refractivity (Wildman–Crippen MR) is 55.0 cm³/mol. The van der Waals surface area contributed by atoms with Crippen LogP contribution >= 0.6 is 0 Å². The van der Waals surface area contributed by atoms with Gasteiger partial charge in [0.1, 0.15) is 0 Å². The standard InChI is InChI=1S/C11H22O3/c1-11(2,3)9(8-12)14-10-6-4-5-7-13-10/h9-10,12H,4-8H2,1-3H3/t9-,10?/m1/s1. The second-order valence-corrected chi connectivity index (χ2v) is 4.97. The van der Waals surface area contributed by atoms with Gasteiger partial charge in [0.25, 0.3) is 0 Å². The Bertz CT molecular complexity index is 156. The molecule has 1 rings (SSSR count). The molecule has 0 saturated carbocycles. The highest BCUT2D eigenvalue weighted by Gasteiger charge is 2.28. The summed E-state index contributed by atoms with van der Waals surface area (Å²) < 4.78 is 11.2. The molecule has 1 N–H and O–H groups in total. The van der Waals surface area contributed by atoms with Crippen LogP contribution in [0.3, 0.4) is 0 Å². The average Bonchev–Trinajstić information content (AvgIpc) is 2.14. The summed E-state index contributed by atoms with van der Waals surface area (Å²) in [6, 6.07) is 0. The second kappa shape index (κ2) is 5.10. The molecule has 0 aliphatic carbocycles. The molecule has 2 atom stereocenters. The number of aliphatic hydroxyl groups is 1. The van der Waals surface area contributed by atoms with E-state index in [1.54, 1.807) is 0 Å². The Morgan fingerprint density at radius 2 is 2.14 bits per heavy atom. The molecule has 1 heterocycles. The van der Waals surface area contributed by atoms with Crippen LogP contribution in [-0.4, -0.2) is 30.7 Å². The first kappa shape index (κ1) is 12.0. The van der Waals surface area contributed by atoms with E-state index < -0.39 is 0 Å². The fraction of sp³-hybridized carbons (Fsp3) is 1.00. The van der Waals surface area contributed by atoms with Gasteiger partial charge in [-0.3, -0.25) is 0 Å². The monoisotopic (exact) mass is 202 g/mol. The van der Waals surface area contributed by atoms with Gasteiger partial charge in [-0.1, -0.05) is 20.8 Å². The summed E-state index contributed by atoms with van der Waals surface area (Å²) in [5, 5.41) is 9.21. The normalized spacial score (nSPS) is 26.1. The fourth-order valence-corrected chi connectivity index (χ4v) is 1.52. The molecule has 0 spiro atoms. The third-order valence-electron chi connectivity index (χ3n) is 2.59. The van der Waals surface area contributed by atoms with Gasteiger partial charge in [-0.05, 0) is 24.7 Å². The van der Waals surface area contributed by atoms with Gasteiger partial charge in [-0.25, -0.2) is 0 Å². The van der Waals surface area contributed by atoms with Gasteiger partial charge in [0, 0.05) is 6.61 Å². The van der Waals surface area contributed by atoms with Crippen LogP contribution in [0.4, 0.5) is 0 Å². The summed E-state index contributed by atoms with van der Waals surface area (Å²) in [4.78, 5) is 0. The maximum atomic E-state index is 9.21. The molecule has 84 valence electrons. The van der Waals surface area contributed by atoms with Crippen molar-refractivity contribution >= 4 is 0 Å². The third kappa shape index (κ3) is 3.56. The highest BCUT2D eigenvalue weighted by molar-refractivity contribution is 4.74. The van der Waals surface area contributed by atoms with Crippen molar-refractivity contribution in [1.29, 1.82) is 0 Å². The summed E-state index contributed by atoms with van der Waals surface area (Å²) in [5.74, 6) is 0. The van der Waals surface area contributed by atoms with Crippen molar-refractivity contribution in [2.45, 2.75) is 52.4 Å². The van der Waals surface area contributed by atoms with Gasteiger partial charge in [-0.15, -0.1) is 0 Å². The molecule has 1 saturated heterocycles. The zero-order valence-corrected chi connectivity index (χ0v) is 9.45. The van der Waals surface area contributed by atoms with Crippen LogP contribution in [0.5, 0.6) is 0 Å². The Kier molecular flexibility index (Phi) is 4.35. The van der Waals surface area contributed by atoms with Crippen LogP contribution in [0.25, 0.3) is 0 Å². The minimum absolute atomic E-state index is 0.0322. The zero-order chi connectivity index (χ0) is 10.6. The lowest BCUT2D eigenvalue weighted by Gasteiger charge is -2.34. The smallest absolute Gasteiger partial charge is 0.158 e. The fourth-order valence-electron chi connectivity index (χ4n) is 1.52. The number of hydrogen-bond acceptors (Lipinski definition) is 3. The van der Waals surface area contributed by atoms with Gasteiger partial charge in [-0.2, -0.15) is 0 Å². The summed E-state index contributed by atoms with van der Waals surface area (Å²) in [6.07, 6.45) is 2.99. The van der Waals surface area contributed by atoms with E-state index in [9.17, 15) is 5.11 Å². The van der Waals surface area contributed by atoms with E-state index in [2.05, 4.69) is 20.8 Å². The highest BCUT2D eigenvalue weighted by Crippen LogP contribution is 2.25. The minimum atomic E-state index is -0.134. The Balaban J connectivity index is 2.39. The molecule has 1 unspecified atom stereocenters. The number of aliphatic hydroxyl groups excluding tert-OH is 1. The largest absolute Gasteiger partial charge is 0.394 e. The average molecular weight is 202 g/mol. The SMILES string of the molecule is CC(C)(C)[C@@H](CO)OC1CCCCO1.